The van der Waals surface area contributed by atoms with E-state index in [2.05, 4.69) is 0 Å². The van der Waals surface area contributed by atoms with Gasteiger partial charge in [0.15, 0.2) is 5.41 Å². The normalized spacial score (nSPS) is 12.0. The van der Waals surface area contributed by atoms with Crippen LogP contribution in [0.25, 0.3) is 0 Å². The van der Waals surface area contributed by atoms with E-state index in [0.29, 0.717) is 6.42 Å². The highest BCUT2D eigenvalue weighted by atomic mass is 16.2. The lowest BCUT2D eigenvalue weighted by atomic mass is 9.52. The maximum atomic E-state index is 11.5. The van der Waals surface area contributed by atoms with Crippen LogP contribution in [0.2, 0.25) is 0 Å². The lowest BCUT2D eigenvalue weighted by Gasteiger charge is -2.42. The molecular weight excluding hydrogens is 280 g/mol. The van der Waals surface area contributed by atoms with Crippen molar-refractivity contribution in [3.05, 3.63) is 0 Å². The van der Waals surface area contributed by atoms with Crippen molar-refractivity contribution in [2.24, 2.45) is 16.2 Å². The number of unbranched alkanes of at least 4 members (excludes halogenated alkanes) is 1. The van der Waals surface area contributed by atoms with E-state index in [1.165, 1.54) is 0 Å². The highest BCUT2D eigenvalue weighted by Gasteiger charge is 2.65. The molecule has 0 aliphatic carbocycles. The van der Waals surface area contributed by atoms with Crippen LogP contribution in [0.3, 0.4) is 0 Å². The van der Waals surface area contributed by atoms with Crippen molar-refractivity contribution in [2.75, 3.05) is 0 Å². The van der Waals surface area contributed by atoms with Crippen molar-refractivity contribution in [1.29, 1.82) is 0 Å². The van der Waals surface area contributed by atoms with Crippen LogP contribution in [0.5, 0.6) is 0 Å². The van der Waals surface area contributed by atoms with Crippen LogP contribution in [0.4, 0.5) is 0 Å². The van der Waals surface area contributed by atoms with Gasteiger partial charge in [-0.2, -0.15) is 0 Å². The molecule has 0 aromatic carbocycles. The van der Waals surface area contributed by atoms with Gasteiger partial charge in [-0.05, 0) is 6.42 Å². The van der Waals surface area contributed by atoms with Gasteiger partial charge in [-0.25, -0.2) is 0 Å². The standard InChI is InChI=1S/C14H16O7/c1-2-3-4-12(5-15,6-16)14(10-20,11-21)13(7-17,8-18)9-19/h5-11H,2-4H2,1H3. The van der Waals surface area contributed by atoms with E-state index >= 15 is 0 Å². The first-order valence-electron chi connectivity index (χ1n) is 6.23. The molecule has 114 valence electrons. The molecule has 0 amide bonds. The van der Waals surface area contributed by atoms with Gasteiger partial charge in [0.25, 0.3) is 0 Å². The molecule has 0 aliphatic rings. The average molecular weight is 296 g/mol. The number of carbonyl (C=O) groups excluding carboxylic acids is 7. The summed E-state index contributed by atoms with van der Waals surface area (Å²) in [4.78, 5) is 79.4. The Morgan fingerprint density at radius 2 is 1.10 bits per heavy atom. The fourth-order valence-corrected chi connectivity index (χ4v) is 2.25. The Hall–Kier alpha value is -2.31. The van der Waals surface area contributed by atoms with Gasteiger partial charge in [0.05, 0.1) is 0 Å². The van der Waals surface area contributed by atoms with E-state index in [-0.39, 0.29) is 56.8 Å². The summed E-state index contributed by atoms with van der Waals surface area (Å²) in [5.74, 6) is 0. The molecule has 0 aromatic rings. The van der Waals surface area contributed by atoms with E-state index in [1.807, 2.05) is 0 Å². The van der Waals surface area contributed by atoms with Crippen molar-refractivity contribution in [2.45, 2.75) is 26.2 Å². The number of aldehydes is 7. The van der Waals surface area contributed by atoms with Gasteiger partial charge >= 0.3 is 0 Å². The van der Waals surface area contributed by atoms with E-state index in [1.54, 1.807) is 6.92 Å². The summed E-state index contributed by atoms with van der Waals surface area (Å²) in [7, 11) is 0. The van der Waals surface area contributed by atoms with Crippen molar-refractivity contribution < 1.29 is 33.6 Å². The summed E-state index contributed by atoms with van der Waals surface area (Å²) in [5.41, 5.74) is -7.66. The van der Waals surface area contributed by atoms with Crippen molar-refractivity contribution in [1.82, 2.24) is 0 Å². The van der Waals surface area contributed by atoms with Crippen LogP contribution in [-0.2, 0) is 33.6 Å². The zero-order valence-electron chi connectivity index (χ0n) is 11.5. The molecule has 0 saturated carbocycles. The van der Waals surface area contributed by atoms with E-state index in [4.69, 9.17) is 0 Å². The molecule has 7 heteroatoms. The quantitative estimate of drug-likeness (QED) is 0.352. The fraction of sp³-hybridized carbons (Fsp3) is 0.500. The highest BCUT2D eigenvalue weighted by Crippen LogP contribution is 2.47. The van der Waals surface area contributed by atoms with Crippen LogP contribution < -0.4 is 0 Å². The minimum absolute atomic E-state index is 0.0453. The lowest BCUT2D eigenvalue weighted by Crippen LogP contribution is -2.60. The number of rotatable bonds is 12. The molecule has 0 atom stereocenters. The second kappa shape index (κ2) is 7.47. The summed E-state index contributed by atoms with van der Waals surface area (Å²) in [6, 6.07) is 0. The molecule has 0 fully saturated rings. The monoisotopic (exact) mass is 296 g/mol. The summed E-state index contributed by atoms with van der Waals surface area (Å²) in [6.07, 6.45) is -0.221. The molecule has 0 aliphatic heterocycles. The van der Waals surface area contributed by atoms with Gasteiger partial charge in [0.2, 0.25) is 0 Å². The van der Waals surface area contributed by atoms with Crippen LogP contribution >= 0.6 is 0 Å². The Kier molecular flexibility index (Phi) is 6.65. The number of hydrogen-bond acceptors (Lipinski definition) is 7. The third-order valence-corrected chi connectivity index (χ3v) is 3.81. The van der Waals surface area contributed by atoms with Crippen molar-refractivity contribution >= 4 is 44.0 Å². The topological polar surface area (TPSA) is 119 Å². The van der Waals surface area contributed by atoms with E-state index in [0.717, 1.165) is 0 Å². The molecule has 0 rings (SSSR count). The molecule has 0 aromatic heterocycles. The Labute approximate surface area is 121 Å². The largest absolute Gasteiger partial charge is 0.302 e. The summed E-state index contributed by atoms with van der Waals surface area (Å²) in [6.45, 7) is 1.73. The second-order valence-corrected chi connectivity index (χ2v) is 4.77. The Morgan fingerprint density at radius 3 is 1.33 bits per heavy atom. The average Bonchev–Trinajstić information content (AvgIpc) is 2.55. The molecule has 21 heavy (non-hydrogen) atoms. The van der Waals surface area contributed by atoms with Crippen LogP contribution in [0, 0.1) is 16.2 Å². The molecule has 7 nitrogen and oxygen atoms in total. The van der Waals surface area contributed by atoms with Crippen molar-refractivity contribution in [3.8, 4) is 0 Å². The predicted molar refractivity (Wildman–Crippen MR) is 69.3 cm³/mol. The van der Waals surface area contributed by atoms with Crippen LogP contribution in [0.1, 0.15) is 26.2 Å². The number of hydrogen-bond donors (Lipinski definition) is 0. The zero-order valence-corrected chi connectivity index (χ0v) is 11.5. The summed E-state index contributed by atoms with van der Waals surface area (Å²) >= 11 is 0. The maximum absolute atomic E-state index is 11.5. The van der Waals surface area contributed by atoms with Crippen LogP contribution in [0.15, 0.2) is 0 Å². The molecule has 0 N–H and O–H groups in total. The Morgan fingerprint density at radius 1 is 0.667 bits per heavy atom. The van der Waals surface area contributed by atoms with Gasteiger partial charge in [-0.15, -0.1) is 0 Å². The fourth-order valence-electron chi connectivity index (χ4n) is 2.25. The lowest BCUT2D eigenvalue weighted by molar-refractivity contribution is -0.165. The molecule has 0 bridgehead atoms. The number of carbonyl (C=O) groups is 7. The van der Waals surface area contributed by atoms with E-state index in [9.17, 15) is 33.6 Å². The SMILES string of the molecule is CCCCC(C=O)(C=O)C(C=O)(C=O)C(C=O)(C=O)C=O. The van der Waals surface area contributed by atoms with Gasteiger partial charge < -0.3 is 33.6 Å². The minimum atomic E-state index is -2.72. The Bertz CT molecular complexity index is 414. The molecule has 0 radical (unpaired) electrons. The van der Waals surface area contributed by atoms with Gasteiger partial charge in [0, 0.05) is 0 Å². The first kappa shape index (κ1) is 18.7. The van der Waals surface area contributed by atoms with Gasteiger partial charge in [0.1, 0.15) is 54.8 Å². The van der Waals surface area contributed by atoms with Crippen molar-refractivity contribution in [3.63, 3.8) is 0 Å². The molecule has 0 heterocycles. The van der Waals surface area contributed by atoms with Gasteiger partial charge in [-0.3, -0.25) is 0 Å². The zero-order chi connectivity index (χ0) is 16.6. The summed E-state index contributed by atoms with van der Waals surface area (Å²) < 4.78 is 0. The first-order valence-corrected chi connectivity index (χ1v) is 6.23. The third kappa shape index (κ3) is 2.51. The first-order chi connectivity index (χ1) is 9.99. The van der Waals surface area contributed by atoms with Crippen LogP contribution in [-0.4, -0.2) is 44.0 Å². The maximum Gasteiger partial charge on any atom is 0.156 e. The molecule has 0 unspecified atom stereocenters. The highest BCUT2D eigenvalue weighted by molar-refractivity contribution is 6.15. The third-order valence-electron chi connectivity index (χ3n) is 3.81. The Balaban J connectivity index is 6.57. The minimum Gasteiger partial charge on any atom is -0.302 e. The molecule has 0 saturated heterocycles. The summed E-state index contributed by atoms with van der Waals surface area (Å²) in [5, 5.41) is 0. The predicted octanol–water partition coefficient (Wildman–Crippen LogP) is -0.472. The van der Waals surface area contributed by atoms with Gasteiger partial charge in [-0.1, -0.05) is 19.8 Å². The molecule has 0 spiro atoms. The van der Waals surface area contributed by atoms with E-state index < -0.39 is 16.2 Å². The molecular formula is C14H16O7. The smallest absolute Gasteiger partial charge is 0.156 e. The second-order valence-electron chi connectivity index (χ2n) is 4.77.